The number of hydrogen-bond donors (Lipinski definition) is 3. The fraction of sp³-hybridized carbons (Fsp3) is 0.308. The monoisotopic (exact) mass is 278 g/mol. The van der Waals surface area contributed by atoms with Gasteiger partial charge in [-0.2, -0.15) is 0 Å². The summed E-state index contributed by atoms with van der Waals surface area (Å²) >= 11 is 0. The highest BCUT2D eigenvalue weighted by atomic mass is 16.4. The zero-order valence-electron chi connectivity index (χ0n) is 11.6. The minimum absolute atomic E-state index is 0.0348. The summed E-state index contributed by atoms with van der Waals surface area (Å²) in [6.45, 7) is -0.0348. The van der Waals surface area contributed by atoms with Crippen LogP contribution >= 0.6 is 0 Å². The summed E-state index contributed by atoms with van der Waals surface area (Å²) in [5, 5.41) is 8.73. The molecule has 0 fully saturated rings. The van der Waals surface area contributed by atoms with Crippen molar-refractivity contribution in [3.8, 4) is 0 Å². The van der Waals surface area contributed by atoms with E-state index < -0.39 is 30.2 Å². The van der Waals surface area contributed by atoms with E-state index in [1.807, 2.05) is 0 Å². The topological polar surface area (TPSA) is 127 Å². The summed E-state index contributed by atoms with van der Waals surface area (Å²) in [5.41, 5.74) is 12.2. The van der Waals surface area contributed by atoms with Crippen molar-refractivity contribution in [3.05, 3.63) is 29.3 Å². The van der Waals surface area contributed by atoms with Crippen LogP contribution in [0.1, 0.15) is 30.1 Å². The van der Waals surface area contributed by atoms with Gasteiger partial charge in [0.2, 0.25) is 5.91 Å². The Kier molecular flexibility index (Phi) is 3.24. The quantitative estimate of drug-likeness (QED) is 0.650. The molecular weight excluding hydrogens is 262 g/mol. The van der Waals surface area contributed by atoms with Gasteiger partial charge >= 0.3 is 5.97 Å². The largest absolute Gasteiger partial charge is 0.481 e. The number of carboxylic acid groups (broad SMARTS) is 1. The first kappa shape index (κ1) is 12.5. The molecule has 0 aromatic heterocycles. The summed E-state index contributed by atoms with van der Waals surface area (Å²) in [4.78, 5) is 35.6. The molecule has 20 heavy (non-hydrogen) atoms. The van der Waals surface area contributed by atoms with E-state index in [-0.39, 0.29) is 13.0 Å². The second kappa shape index (κ2) is 5.20. The lowest BCUT2D eigenvalue weighted by Gasteiger charge is -2.24. The molecule has 0 radical (unpaired) electrons. The number of rotatable bonds is 5. The van der Waals surface area contributed by atoms with Crippen molar-refractivity contribution in [2.75, 3.05) is 5.73 Å². The van der Waals surface area contributed by atoms with E-state index in [9.17, 15) is 14.4 Å². The Morgan fingerprint density at radius 1 is 1.50 bits per heavy atom. The molecule has 0 aliphatic carbocycles. The molecule has 0 saturated carbocycles. The Labute approximate surface area is 116 Å². The summed E-state index contributed by atoms with van der Waals surface area (Å²) in [5.74, 6) is -2.78. The smallest absolute Gasteiger partial charge is 0.303 e. The van der Waals surface area contributed by atoms with E-state index in [4.69, 9.17) is 17.9 Å². The van der Waals surface area contributed by atoms with Crippen LogP contribution in [0.3, 0.4) is 0 Å². The van der Waals surface area contributed by atoms with Gasteiger partial charge in [0, 0.05) is 29.8 Å². The maximum absolute atomic E-state index is 12.3. The molecule has 1 aromatic carbocycles. The van der Waals surface area contributed by atoms with Crippen LogP contribution in [-0.2, 0) is 16.1 Å². The van der Waals surface area contributed by atoms with Crippen LogP contribution < -0.4 is 11.5 Å². The van der Waals surface area contributed by atoms with Gasteiger partial charge < -0.3 is 21.5 Å². The number of carbonyl (C=O) groups is 3. The highest BCUT2D eigenvalue weighted by molar-refractivity contribution is 6.02. The standard InChI is InChI=1S/C13H15N3O4/c14-9-3-1-2-7-8(9)6-16(13(7)20)10(12(15)19)4-5-11(17)18/h1-3,10H,4-6,14H2,(H2,15,19)(H,17,18)/i10D. The number of carbonyl (C=O) groups excluding carboxylic acids is 2. The number of aliphatic carboxylic acids is 1. The third-order valence-electron chi connectivity index (χ3n) is 3.19. The molecule has 1 atom stereocenters. The number of nitrogen functional groups attached to an aromatic ring is 1. The number of nitrogens with zero attached hydrogens (tertiary/aromatic N) is 1. The van der Waals surface area contributed by atoms with Crippen molar-refractivity contribution >= 4 is 23.5 Å². The molecule has 0 bridgehead atoms. The lowest BCUT2D eigenvalue weighted by molar-refractivity contribution is -0.137. The molecule has 0 saturated heterocycles. The van der Waals surface area contributed by atoms with E-state index in [0.29, 0.717) is 16.8 Å². The minimum atomic E-state index is -2.11. The molecule has 7 heteroatoms. The van der Waals surface area contributed by atoms with Crippen molar-refractivity contribution in [1.82, 2.24) is 4.90 Å². The number of nitrogens with two attached hydrogens (primary N) is 2. The van der Waals surface area contributed by atoms with E-state index in [2.05, 4.69) is 0 Å². The Morgan fingerprint density at radius 2 is 2.20 bits per heavy atom. The third-order valence-corrected chi connectivity index (χ3v) is 3.19. The first-order chi connectivity index (χ1) is 9.77. The van der Waals surface area contributed by atoms with Crippen LogP contribution in [0.15, 0.2) is 18.2 Å². The number of benzene rings is 1. The molecule has 5 N–H and O–H groups in total. The Balaban J connectivity index is 2.36. The van der Waals surface area contributed by atoms with Gasteiger partial charge in [0.1, 0.15) is 6.02 Å². The summed E-state index contributed by atoms with van der Waals surface area (Å²) < 4.78 is 8.17. The van der Waals surface area contributed by atoms with Gasteiger partial charge in [-0.1, -0.05) is 6.07 Å². The summed E-state index contributed by atoms with van der Waals surface area (Å²) in [6, 6.07) is 2.65. The number of primary amides is 1. The van der Waals surface area contributed by atoms with Crippen molar-refractivity contribution in [2.24, 2.45) is 5.73 Å². The van der Waals surface area contributed by atoms with Gasteiger partial charge in [0.15, 0.2) is 0 Å². The van der Waals surface area contributed by atoms with Gasteiger partial charge in [-0.15, -0.1) is 0 Å². The molecule has 1 aromatic rings. The second-order valence-electron chi connectivity index (χ2n) is 4.47. The predicted molar refractivity (Wildman–Crippen MR) is 70.6 cm³/mol. The fourth-order valence-electron chi connectivity index (χ4n) is 2.19. The number of fused-ring (bicyclic) bond motifs is 1. The number of anilines is 1. The molecule has 2 rings (SSSR count). The van der Waals surface area contributed by atoms with Crippen LogP contribution in [0.5, 0.6) is 0 Å². The average Bonchev–Trinajstić information content (AvgIpc) is 2.75. The molecule has 2 amide bonds. The van der Waals surface area contributed by atoms with Crippen molar-refractivity contribution in [2.45, 2.75) is 25.4 Å². The lowest BCUT2D eigenvalue weighted by atomic mass is 10.1. The fourth-order valence-corrected chi connectivity index (χ4v) is 2.19. The minimum Gasteiger partial charge on any atom is -0.481 e. The third kappa shape index (κ3) is 2.42. The SMILES string of the molecule is [2H]C(CCC(=O)O)(C(N)=O)N1Cc2c(N)cccc2C1=O. The predicted octanol–water partition coefficient (Wildman–Crippen LogP) is -0.0567. The lowest BCUT2D eigenvalue weighted by Crippen LogP contribution is -2.45. The van der Waals surface area contributed by atoms with Crippen LogP contribution in [-0.4, -0.2) is 33.8 Å². The zero-order chi connectivity index (χ0) is 15.8. The Morgan fingerprint density at radius 3 is 2.75 bits per heavy atom. The number of carboxylic acids is 1. The van der Waals surface area contributed by atoms with Gasteiger partial charge in [-0.05, 0) is 18.6 Å². The first-order valence-corrected chi connectivity index (χ1v) is 5.98. The molecule has 1 aliphatic heterocycles. The number of amides is 2. The summed E-state index contributed by atoms with van der Waals surface area (Å²) in [7, 11) is 0. The maximum atomic E-state index is 12.3. The average molecular weight is 278 g/mol. The zero-order valence-corrected chi connectivity index (χ0v) is 10.6. The highest BCUT2D eigenvalue weighted by Crippen LogP contribution is 2.29. The summed E-state index contributed by atoms with van der Waals surface area (Å²) in [6.07, 6.45) is -0.820. The van der Waals surface area contributed by atoms with Crippen LogP contribution in [0.25, 0.3) is 0 Å². The first-order valence-electron chi connectivity index (χ1n) is 6.48. The van der Waals surface area contributed by atoms with E-state index in [1.54, 1.807) is 18.2 Å². The van der Waals surface area contributed by atoms with Gasteiger partial charge in [-0.25, -0.2) is 0 Å². The Bertz CT molecular complexity index is 634. The van der Waals surface area contributed by atoms with Gasteiger partial charge in [-0.3, -0.25) is 14.4 Å². The maximum Gasteiger partial charge on any atom is 0.303 e. The molecule has 7 nitrogen and oxygen atoms in total. The van der Waals surface area contributed by atoms with Gasteiger partial charge in [0.25, 0.3) is 5.91 Å². The molecular formula is C13H15N3O4. The molecule has 1 aliphatic rings. The van der Waals surface area contributed by atoms with E-state index >= 15 is 0 Å². The highest BCUT2D eigenvalue weighted by Gasteiger charge is 2.36. The van der Waals surface area contributed by atoms with Crippen LogP contribution in [0.2, 0.25) is 0 Å². The van der Waals surface area contributed by atoms with Gasteiger partial charge in [0.05, 0.1) is 1.37 Å². The van der Waals surface area contributed by atoms with Crippen molar-refractivity contribution in [3.63, 3.8) is 0 Å². The molecule has 0 spiro atoms. The van der Waals surface area contributed by atoms with E-state index in [0.717, 1.165) is 4.90 Å². The molecule has 106 valence electrons. The second-order valence-corrected chi connectivity index (χ2v) is 4.47. The molecule has 1 unspecified atom stereocenters. The number of hydrogen-bond acceptors (Lipinski definition) is 4. The molecule has 1 heterocycles. The van der Waals surface area contributed by atoms with E-state index in [1.165, 1.54) is 0 Å². The van der Waals surface area contributed by atoms with Crippen molar-refractivity contribution in [1.29, 1.82) is 0 Å². The normalized spacial score (nSPS) is 17.3. The van der Waals surface area contributed by atoms with Crippen molar-refractivity contribution < 1.29 is 20.9 Å². The van der Waals surface area contributed by atoms with Crippen LogP contribution in [0, 0.1) is 0 Å². The Hall–Kier alpha value is -2.57. The van der Waals surface area contributed by atoms with Crippen LogP contribution in [0.4, 0.5) is 5.69 Å².